The second-order valence-electron chi connectivity index (χ2n) is 4.21. The van der Waals surface area contributed by atoms with E-state index in [1.165, 1.54) is 18.7 Å². The number of halogens is 1. The molecule has 1 aromatic heterocycles. The van der Waals surface area contributed by atoms with Crippen LogP contribution in [0.4, 0.5) is 4.39 Å². The molecule has 1 aliphatic heterocycles. The topological polar surface area (TPSA) is 49.1 Å². The lowest BCUT2D eigenvalue weighted by Crippen LogP contribution is -2.30. The molecule has 0 aliphatic carbocycles. The van der Waals surface area contributed by atoms with Gasteiger partial charge in [-0.05, 0) is 26.4 Å². The minimum absolute atomic E-state index is 0.0812. The van der Waals surface area contributed by atoms with Crippen molar-refractivity contribution in [2.45, 2.75) is 18.9 Å². The monoisotopic (exact) mass is 235 g/mol. The lowest BCUT2D eigenvalue weighted by Gasteiger charge is -2.19. The molecular weight excluding hydrogens is 221 g/mol. The number of likely N-dealkylation sites (N-methyl/N-ethyl adjacent to an activating group) is 1. The van der Waals surface area contributed by atoms with Crippen molar-refractivity contribution in [2.75, 3.05) is 20.2 Å². The Bertz CT molecular complexity index is 444. The maximum absolute atomic E-state index is 13.0. The van der Waals surface area contributed by atoms with Crippen LogP contribution in [0, 0.1) is 17.3 Å². The normalized spacial score (nSPS) is 20.2. The van der Waals surface area contributed by atoms with E-state index in [1.807, 2.05) is 0 Å². The van der Waals surface area contributed by atoms with Crippen molar-refractivity contribution < 1.29 is 9.13 Å². The van der Waals surface area contributed by atoms with Crippen molar-refractivity contribution in [3.8, 4) is 11.8 Å². The first-order chi connectivity index (χ1) is 8.20. The van der Waals surface area contributed by atoms with E-state index in [1.54, 1.807) is 6.07 Å². The molecule has 1 saturated heterocycles. The van der Waals surface area contributed by atoms with Crippen LogP contribution in [0.3, 0.4) is 0 Å². The predicted octanol–water partition coefficient (Wildman–Crippen LogP) is 1.57. The van der Waals surface area contributed by atoms with Gasteiger partial charge in [-0.2, -0.15) is 9.65 Å². The number of hydrogen-bond acceptors (Lipinski definition) is 4. The number of rotatable bonds is 3. The molecule has 2 heterocycles. The van der Waals surface area contributed by atoms with Gasteiger partial charge in [-0.1, -0.05) is 0 Å². The second kappa shape index (κ2) is 5.11. The molecule has 2 rings (SSSR count). The van der Waals surface area contributed by atoms with Crippen molar-refractivity contribution in [1.29, 1.82) is 5.26 Å². The van der Waals surface area contributed by atoms with Gasteiger partial charge in [-0.3, -0.25) is 0 Å². The third-order valence-corrected chi connectivity index (χ3v) is 3.05. The highest BCUT2D eigenvalue weighted by molar-refractivity contribution is 5.33. The van der Waals surface area contributed by atoms with Crippen molar-refractivity contribution in [3.05, 3.63) is 23.8 Å². The quantitative estimate of drug-likeness (QED) is 0.746. The fourth-order valence-corrected chi connectivity index (χ4v) is 1.97. The van der Waals surface area contributed by atoms with Crippen molar-refractivity contribution in [2.24, 2.45) is 0 Å². The average Bonchev–Trinajstić information content (AvgIpc) is 2.74. The third kappa shape index (κ3) is 2.71. The molecule has 0 spiro atoms. The summed E-state index contributed by atoms with van der Waals surface area (Å²) in [5.41, 5.74) is -0.0812. The zero-order valence-electron chi connectivity index (χ0n) is 9.69. The number of nitrogens with zero attached hydrogens (tertiary/aromatic N) is 3. The van der Waals surface area contributed by atoms with Crippen LogP contribution in [0.1, 0.15) is 18.4 Å². The molecule has 0 bridgehead atoms. The standard InChI is InChI=1S/C12H14FN3O/c1-16-4-2-3-10(16)8-17-11-5-9(6-14)12(13)15-7-11/h5,7,10H,2-4,8H2,1H3/t10-/m0/s1. The van der Waals surface area contributed by atoms with Crippen LogP contribution in [0.15, 0.2) is 12.3 Å². The molecule has 0 amide bonds. The van der Waals surface area contributed by atoms with Crippen LogP contribution >= 0.6 is 0 Å². The first-order valence-corrected chi connectivity index (χ1v) is 5.59. The zero-order valence-corrected chi connectivity index (χ0v) is 9.69. The van der Waals surface area contributed by atoms with Gasteiger partial charge in [0.15, 0.2) is 0 Å². The van der Waals surface area contributed by atoms with E-state index < -0.39 is 5.95 Å². The Morgan fingerprint density at radius 3 is 3.18 bits per heavy atom. The summed E-state index contributed by atoms with van der Waals surface area (Å²) in [6.07, 6.45) is 3.59. The summed E-state index contributed by atoms with van der Waals surface area (Å²) in [5.74, 6) is -0.305. The van der Waals surface area contributed by atoms with Gasteiger partial charge in [0.25, 0.3) is 0 Å². The Labute approximate surface area is 99.6 Å². The summed E-state index contributed by atoms with van der Waals surface area (Å²) in [4.78, 5) is 5.72. The lowest BCUT2D eigenvalue weighted by atomic mass is 10.2. The molecule has 0 N–H and O–H groups in total. The average molecular weight is 235 g/mol. The van der Waals surface area contributed by atoms with Gasteiger partial charge in [0, 0.05) is 12.1 Å². The van der Waals surface area contributed by atoms with Gasteiger partial charge in [-0.15, -0.1) is 0 Å². The highest BCUT2D eigenvalue weighted by Gasteiger charge is 2.21. The molecule has 5 heteroatoms. The van der Waals surface area contributed by atoms with Crippen LogP contribution in [0.5, 0.6) is 5.75 Å². The largest absolute Gasteiger partial charge is 0.490 e. The van der Waals surface area contributed by atoms with Crippen LogP contribution < -0.4 is 4.74 Å². The van der Waals surface area contributed by atoms with Crippen LogP contribution in [-0.4, -0.2) is 36.1 Å². The van der Waals surface area contributed by atoms with Gasteiger partial charge in [0.05, 0.1) is 6.20 Å². The minimum Gasteiger partial charge on any atom is -0.490 e. The fourth-order valence-electron chi connectivity index (χ4n) is 1.97. The Morgan fingerprint density at radius 1 is 1.71 bits per heavy atom. The highest BCUT2D eigenvalue weighted by Crippen LogP contribution is 2.18. The van der Waals surface area contributed by atoms with Crippen molar-refractivity contribution >= 4 is 0 Å². The molecule has 0 saturated carbocycles. The van der Waals surface area contributed by atoms with E-state index in [9.17, 15) is 4.39 Å². The van der Waals surface area contributed by atoms with Gasteiger partial charge in [0.2, 0.25) is 5.95 Å². The molecule has 0 aromatic carbocycles. The van der Waals surface area contributed by atoms with E-state index in [0.29, 0.717) is 18.4 Å². The summed E-state index contributed by atoms with van der Waals surface area (Å²) in [7, 11) is 2.06. The summed E-state index contributed by atoms with van der Waals surface area (Å²) in [5, 5.41) is 8.67. The lowest BCUT2D eigenvalue weighted by molar-refractivity contribution is 0.197. The maximum Gasteiger partial charge on any atom is 0.231 e. The highest BCUT2D eigenvalue weighted by atomic mass is 19.1. The Hall–Kier alpha value is -1.67. The van der Waals surface area contributed by atoms with Gasteiger partial charge < -0.3 is 9.64 Å². The number of ether oxygens (including phenoxy) is 1. The summed E-state index contributed by atoms with van der Waals surface area (Å²) >= 11 is 0. The number of pyridine rings is 1. The summed E-state index contributed by atoms with van der Waals surface area (Å²) in [6, 6.07) is 3.52. The molecule has 1 aromatic rings. The molecule has 1 aliphatic rings. The van der Waals surface area contributed by atoms with E-state index in [0.717, 1.165) is 13.0 Å². The summed E-state index contributed by atoms with van der Waals surface area (Å²) < 4.78 is 18.5. The Balaban J connectivity index is 1.97. The number of nitriles is 1. The number of aromatic nitrogens is 1. The maximum atomic E-state index is 13.0. The summed E-state index contributed by atoms with van der Waals surface area (Å²) in [6.45, 7) is 1.63. The first-order valence-electron chi connectivity index (χ1n) is 5.59. The number of hydrogen-bond donors (Lipinski definition) is 0. The van der Waals surface area contributed by atoms with Crippen molar-refractivity contribution in [1.82, 2.24) is 9.88 Å². The van der Waals surface area contributed by atoms with E-state index in [4.69, 9.17) is 10.00 Å². The van der Waals surface area contributed by atoms with E-state index in [-0.39, 0.29) is 5.56 Å². The minimum atomic E-state index is -0.752. The zero-order chi connectivity index (χ0) is 12.3. The third-order valence-electron chi connectivity index (χ3n) is 3.05. The van der Waals surface area contributed by atoms with Gasteiger partial charge in [-0.25, -0.2) is 4.98 Å². The number of likely N-dealkylation sites (tertiary alicyclic amines) is 1. The molecule has 1 fully saturated rings. The SMILES string of the molecule is CN1CCC[C@H]1COc1cnc(F)c(C#N)c1. The van der Waals surface area contributed by atoms with Crippen LogP contribution in [0.2, 0.25) is 0 Å². The Kier molecular flexibility index (Phi) is 3.55. The van der Waals surface area contributed by atoms with Crippen LogP contribution in [0.25, 0.3) is 0 Å². The van der Waals surface area contributed by atoms with E-state index in [2.05, 4.69) is 16.9 Å². The fraction of sp³-hybridized carbons (Fsp3) is 0.500. The molecule has 0 radical (unpaired) electrons. The molecule has 0 unspecified atom stereocenters. The smallest absolute Gasteiger partial charge is 0.231 e. The van der Waals surface area contributed by atoms with Crippen LogP contribution in [-0.2, 0) is 0 Å². The molecule has 17 heavy (non-hydrogen) atoms. The van der Waals surface area contributed by atoms with E-state index >= 15 is 0 Å². The second-order valence-corrected chi connectivity index (χ2v) is 4.21. The van der Waals surface area contributed by atoms with Gasteiger partial charge in [0.1, 0.15) is 24.0 Å². The predicted molar refractivity (Wildman–Crippen MR) is 60.1 cm³/mol. The molecular formula is C12H14FN3O. The van der Waals surface area contributed by atoms with Gasteiger partial charge >= 0.3 is 0 Å². The van der Waals surface area contributed by atoms with Crippen molar-refractivity contribution in [3.63, 3.8) is 0 Å². The first kappa shape index (κ1) is 11.8. The Morgan fingerprint density at radius 2 is 2.53 bits per heavy atom. The molecule has 90 valence electrons. The molecule has 1 atom stereocenters. The molecule has 4 nitrogen and oxygen atoms in total.